The maximum absolute atomic E-state index is 10.8. The lowest BCUT2D eigenvalue weighted by atomic mass is 10.1. The Kier molecular flexibility index (Phi) is 3.19. The quantitative estimate of drug-likeness (QED) is 0.686. The molecule has 102 valence electrons. The van der Waals surface area contributed by atoms with Gasteiger partial charge in [-0.25, -0.2) is 4.98 Å². The summed E-state index contributed by atoms with van der Waals surface area (Å²) in [6.07, 6.45) is 0.183. The van der Waals surface area contributed by atoms with Gasteiger partial charge in [0, 0.05) is 16.3 Å². The fourth-order valence-electron chi connectivity index (χ4n) is 2.22. The zero-order valence-corrected chi connectivity index (χ0v) is 12.0. The lowest BCUT2D eigenvalue weighted by Crippen LogP contribution is -2.32. The van der Waals surface area contributed by atoms with Crippen LogP contribution < -0.4 is 5.73 Å². The number of carbonyl (C=O) groups is 1. The monoisotopic (exact) mass is 333 g/mol. The normalized spacial score (nSPS) is 12.9. The molecule has 0 aliphatic rings. The number of aliphatic carboxylic acids is 1. The van der Waals surface area contributed by atoms with Crippen molar-refractivity contribution in [3.8, 4) is 0 Å². The van der Waals surface area contributed by atoms with Crippen LogP contribution in [0.3, 0.4) is 0 Å². The first-order chi connectivity index (χ1) is 9.54. The lowest BCUT2D eigenvalue weighted by Gasteiger charge is -2.01. The van der Waals surface area contributed by atoms with E-state index in [0.29, 0.717) is 5.82 Å². The molecule has 1 heterocycles. The Morgan fingerprint density at radius 1 is 1.40 bits per heavy atom. The number of nitrogens with one attached hydrogen (secondary N) is 1. The van der Waals surface area contributed by atoms with Crippen LogP contribution in [0.2, 0.25) is 0 Å². The molecule has 5 nitrogen and oxygen atoms in total. The van der Waals surface area contributed by atoms with E-state index in [-0.39, 0.29) is 6.42 Å². The van der Waals surface area contributed by atoms with Gasteiger partial charge in [-0.15, -0.1) is 0 Å². The van der Waals surface area contributed by atoms with E-state index < -0.39 is 12.0 Å². The van der Waals surface area contributed by atoms with Gasteiger partial charge in [0.2, 0.25) is 0 Å². The molecule has 0 bridgehead atoms. The molecule has 0 radical (unpaired) electrons. The minimum Gasteiger partial charge on any atom is -0.480 e. The summed E-state index contributed by atoms with van der Waals surface area (Å²) < 4.78 is 1.01. The summed E-state index contributed by atoms with van der Waals surface area (Å²) in [6, 6.07) is 8.96. The average molecular weight is 334 g/mol. The van der Waals surface area contributed by atoms with Crippen molar-refractivity contribution >= 4 is 43.7 Å². The summed E-state index contributed by atoms with van der Waals surface area (Å²) in [5, 5.41) is 11.0. The molecule has 4 N–H and O–H groups in total. The first kappa shape index (κ1) is 13.1. The first-order valence-electron chi connectivity index (χ1n) is 6.10. The third-order valence-corrected chi connectivity index (χ3v) is 3.70. The minimum atomic E-state index is -1.03. The van der Waals surface area contributed by atoms with Gasteiger partial charge in [-0.2, -0.15) is 0 Å². The molecular weight excluding hydrogens is 322 g/mol. The topological polar surface area (TPSA) is 92.0 Å². The molecule has 6 heteroatoms. The third-order valence-electron chi connectivity index (χ3n) is 3.21. The van der Waals surface area contributed by atoms with E-state index in [1.165, 1.54) is 0 Å². The molecule has 0 saturated carbocycles. The van der Waals surface area contributed by atoms with Crippen molar-refractivity contribution in [3.05, 3.63) is 40.6 Å². The first-order valence-corrected chi connectivity index (χ1v) is 6.89. The van der Waals surface area contributed by atoms with E-state index >= 15 is 0 Å². The Morgan fingerprint density at radius 3 is 2.95 bits per heavy atom. The summed E-state index contributed by atoms with van der Waals surface area (Å²) in [5.41, 5.74) is 7.25. The summed E-state index contributed by atoms with van der Waals surface area (Å²) in [5.74, 6) is -0.440. The summed E-state index contributed by atoms with van der Waals surface area (Å²) in [6.45, 7) is 0. The summed E-state index contributed by atoms with van der Waals surface area (Å²) >= 11 is 3.44. The Hall–Kier alpha value is -1.92. The van der Waals surface area contributed by atoms with Gasteiger partial charge in [0.15, 0.2) is 0 Å². The van der Waals surface area contributed by atoms with Crippen LogP contribution in [0.1, 0.15) is 5.82 Å². The number of aromatic amines is 1. The second-order valence-electron chi connectivity index (χ2n) is 4.66. The van der Waals surface area contributed by atoms with E-state index in [2.05, 4.69) is 25.9 Å². The number of halogens is 1. The lowest BCUT2D eigenvalue weighted by molar-refractivity contribution is -0.138. The number of carboxylic acids is 1. The maximum atomic E-state index is 10.8. The van der Waals surface area contributed by atoms with Crippen molar-refractivity contribution in [2.24, 2.45) is 5.73 Å². The Bertz CT molecular complexity index is 813. The van der Waals surface area contributed by atoms with Crippen LogP contribution in [0.25, 0.3) is 21.8 Å². The number of H-pyrrole nitrogens is 1. The molecule has 0 aliphatic heterocycles. The molecule has 0 aliphatic carbocycles. The molecule has 1 aromatic heterocycles. The molecule has 0 saturated heterocycles. The smallest absolute Gasteiger partial charge is 0.320 e. The van der Waals surface area contributed by atoms with Crippen LogP contribution in [-0.2, 0) is 11.2 Å². The van der Waals surface area contributed by atoms with Gasteiger partial charge in [0.25, 0.3) is 0 Å². The molecule has 3 aromatic rings. The van der Waals surface area contributed by atoms with Crippen LogP contribution in [0.5, 0.6) is 0 Å². The van der Waals surface area contributed by atoms with Gasteiger partial charge in [0.1, 0.15) is 11.9 Å². The van der Waals surface area contributed by atoms with E-state index in [1.807, 2.05) is 30.3 Å². The van der Waals surface area contributed by atoms with Gasteiger partial charge >= 0.3 is 5.97 Å². The molecule has 2 aromatic carbocycles. The van der Waals surface area contributed by atoms with Crippen molar-refractivity contribution in [3.63, 3.8) is 0 Å². The van der Waals surface area contributed by atoms with Crippen molar-refractivity contribution in [1.82, 2.24) is 9.97 Å². The molecule has 0 unspecified atom stereocenters. The van der Waals surface area contributed by atoms with Crippen LogP contribution in [0.4, 0.5) is 0 Å². The largest absolute Gasteiger partial charge is 0.480 e. The van der Waals surface area contributed by atoms with Gasteiger partial charge < -0.3 is 15.8 Å². The predicted molar refractivity (Wildman–Crippen MR) is 80.6 cm³/mol. The van der Waals surface area contributed by atoms with Gasteiger partial charge in [-0.1, -0.05) is 28.1 Å². The van der Waals surface area contributed by atoms with Crippen molar-refractivity contribution < 1.29 is 9.90 Å². The van der Waals surface area contributed by atoms with Crippen LogP contribution in [0.15, 0.2) is 34.8 Å². The number of nitrogens with zero attached hydrogens (tertiary/aromatic N) is 1. The number of hydrogen-bond donors (Lipinski definition) is 3. The van der Waals surface area contributed by atoms with Crippen molar-refractivity contribution in [2.45, 2.75) is 12.5 Å². The zero-order chi connectivity index (χ0) is 14.3. The number of rotatable bonds is 3. The Balaban J connectivity index is 2.11. The highest BCUT2D eigenvalue weighted by Crippen LogP contribution is 2.26. The Morgan fingerprint density at radius 2 is 2.20 bits per heavy atom. The minimum absolute atomic E-state index is 0.183. The van der Waals surface area contributed by atoms with Gasteiger partial charge in [0.05, 0.1) is 11.0 Å². The fourth-order valence-corrected chi connectivity index (χ4v) is 2.60. The molecule has 3 rings (SSSR count). The molecular formula is C14H12BrN3O2. The second-order valence-corrected chi connectivity index (χ2v) is 5.58. The highest BCUT2D eigenvalue weighted by Gasteiger charge is 2.15. The second kappa shape index (κ2) is 4.88. The van der Waals surface area contributed by atoms with Crippen molar-refractivity contribution in [1.29, 1.82) is 0 Å². The van der Waals surface area contributed by atoms with E-state index in [0.717, 1.165) is 26.3 Å². The number of nitrogens with two attached hydrogens (primary N) is 1. The molecule has 20 heavy (non-hydrogen) atoms. The predicted octanol–water partition coefficient (Wildman–Crippen LogP) is 2.43. The van der Waals surface area contributed by atoms with Crippen LogP contribution in [0, 0.1) is 0 Å². The fraction of sp³-hybridized carbons (Fsp3) is 0.143. The van der Waals surface area contributed by atoms with Crippen molar-refractivity contribution in [2.75, 3.05) is 0 Å². The average Bonchev–Trinajstić information content (AvgIpc) is 2.80. The van der Waals surface area contributed by atoms with E-state index in [1.54, 1.807) is 0 Å². The van der Waals surface area contributed by atoms with Crippen LogP contribution in [-0.4, -0.2) is 27.1 Å². The Labute approximate surface area is 122 Å². The third kappa shape index (κ3) is 2.28. The zero-order valence-electron chi connectivity index (χ0n) is 10.4. The summed E-state index contributed by atoms with van der Waals surface area (Å²) in [7, 11) is 0. The van der Waals surface area contributed by atoms with E-state index in [9.17, 15) is 4.79 Å². The van der Waals surface area contributed by atoms with Gasteiger partial charge in [-0.3, -0.25) is 4.79 Å². The number of carboxylic acid groups (broad SMARTS) is 1. The number of hydrogen-bond acceptors (Lipinski definition) is 3. The number of aromatic nitrogens is 2. The standard InChI is InChI=1S/C14H12BrN3O2/c15-8-2-3-9-7(5-8)1-4-11-13(9)18-12(17-11)6-10(16)14(19)20/h1-5,10H,6,16H2,(H,17,18)(H,19,20)/t10-/m0/s1. The number of fused-ring (bicyclic) bond motifs is 3. The molecule has 0 spiro atoms. The van der Waals surface area contributed by atoms with E-state index in [4.69, 9.17) is 10.8 Å². The molecule has 1 atom stereocenters. The summed E-state index contributed by atoms with van der Waals surface area (Å²) in [4.78, 5) is 18.4. The maximum Gasteiger partial charge on any atom is 0.320 e. The highest BCUT2D eigenvalue weighted by molar-refractivity contribution is 9.10. The SMILES string of the molecule is N[C@@H](Cc1nc2c(ccc3cc(Br)ccc32)[nH]1)C(=O)O. The molecule has 0 fully saturated rings. The van der Waals surface area contributed by atoms with Crippen LogP contribution >= 0.6 is 15.9 Å². The highest BCUT2D eigenvalue weighted by atomic mass is 79.9. The number of imidazole rings is 1. The van der Waals surface area contributed by atoms with Gasteiger partial charge in [-0.05, 0) is 23.6 Å². The number of benzene rings is 2. The molecule has 0 amide bonds.